The van der Waals surface area contributed by atoms with Crippen LogP contribution in [0.15, 0.2) is 35.2 Å². The number of hydrogen-bond donors (Lipinski definition) is 1. The predicted octanol–water partition coefficient (Wildman–Crippen LogP) is 3.46. The van der Waals surface area contributed by atoms with Crippen LogP contribution in [0.3, 0.4) is 0 Å². The van der Waals surface area contributed by atoms with Gasteiger partial charge >= 0.3 is 0 Å². The van der Waals surface area contributed by atoms with Gasteiger partial charge in [0.15, 0.2) is 0 Å². The second-order valence-electron chi connectivity index (χ2n) is 9.17. The molecule has 0 radical (unpaired) electrons. The summed E-state index contributed by atoms with van der Waals surface area (Å²) in [6.07, 6.45) is 1.19. The fourth-order valence-corrected chi connectivity index (χ4v) is 7.46. The number of fused-ring (bicyclic) bond motifs is 1. The summed E-state index contributed by atoms with van der Waals surface area (Å²) in [4.78, 5) is 38.3. The molecule has 36 heavy (non-hydrogen) atoms. The molecule has 2 fully saturated rings. The molecule has 1 atom stereocenters. The number of piperidine rings is 2. The number of hydrogen-bond acceptors (Lipinski definition) is 5. The Bertz CT molecular complexity index is 1390. The number of carbonyl (C=O) groups excluding carboxylic acids is 3. The minimum Gasteiger partial charge on any atom is -0.322 e. The predicted molar refractivity (Wildman–Crippen MR) is 130 cm³/mol. The maximum atomic E-state index is 14.6. The largest absolute Gasteiger partial charge is 0.322 e. The van der Waals surface area contributed by atoms with Crippen LogP contribution < -0.4 is 5.32 Å². The second kappa shape index (κ2) is 9.41. The maximum absolute atomic E-state index is 14.6. The number of rotatable bonds is 4. The zero-order valence-corrected chi connectivity index (χ0v) is 21.3. The van der Waals surface area contributed by atoms with E-state index in [1.807, 2.05) is 0 Å². The van der Waals surface area contributed by atoms with Crippen molar-refractivity contribution in [3.05, 3.63) is 62.9 Å². The summed E-state index contributed by atoms with van der Waals surface area (Å²) in [5.41, 5.74) is 1.50. The van der Waals surface area contributed by atoms with E-state index in [1.54, 1.807) is 0 Å². The third-order valence-electron chi connectivity index (χ3n) is 7.06. The SMILES string of the molecule is O=C1CCC(N2Cc3c(cc(F)cc3C3CCN(S(=O)(=O)c4ccc(Cl)cc4Cl)CC3)C2=O)C(=O)N1. The van der Waals surface area contributed by atoms with E-state index in [0.29, 0.717) is 29.0 Å². The van der Waals surface area contributed by atoms with Gasteiger partial charge in [-0.05, 0) is 66.6 Å². The molecule has 2 saturated heterocycles. The minimum atomic E-state index is -3.84. The van der Waals surface area contributed by atoms with Crippen LogP contribution in [0, 0.1) is 5.82 Å². The van der Waals surface area contributed by atoms with Gasteiger partial charge in [0, 0.05) is 36.6 Å². The molecule has 2 aromatic rings. The van der Waals surface area contributed by atoms with Crippen LogP contribution in [0.5, 0.6) is 0 Å². The Morgan fingerprint density at radius 1 is 1.00 bits per heavy atom. The molecular weight excluding hydrogens is 532 g/mol. The molecule has 0 aliphatic carbocycles. The van der Waals surface area contributed by atoms with Crippen LogP contribution >= 0.6 is 23.2 Å². The molecule has 1 unspecified atom stereocenters. The Kier molecular flexibility index (Phi) is 6.57. The third kappa shape index (κ3) is 4.40. The van der Waals surface area contributed by atoms with E-state index in [-0.39, 0.29) is 59.8 Å². The molecule has 2 aromatic carbocycles. The van der Waals surface area contributed by atoms with Gasteiger partial charge in [0.1, 0.15) is 16.8 Å². The number of sulfonamides is 1. The molecule has 3 heterocycles. The van der Waals surface area contributed by atoms with Crippen LogP contribution in [0.1, 0.15) is 53.1 Å². The van der Waals surface area contributed by atoms with Crippen molar-refractivity contribution in [2.45, 2.75) is 49.1 Å². The van der Waals surface area contributed by atoms with Gasteiger partial charge < -0.3 is 4.90 Å². The van der Waals surface area contributed by atoms with E-state index < -0.39 is 33.7 Å². The highest BCUT2D eigenvalue weighted by molar-refractivity contribution is 7.89. The van der Waals surface area contributed by atoms with Crippen LogP contribution in [0.4, 0.5) is 4.39 Å². The van der Waals surface area contributed by atoms with Crippen molar-refractivity contribution >= 4 is 50.9 Å². The standard InChI is InChI=1S/C24H22Cl2FN3O5S/c25-14-1-3-21(19(26)9-14)36(34,35)29-7-5-13(6-8-29)16-10-15(27)11-17-18(16)12-30(24(17)33)20-2-4-22(31)28-23(20)32/h1,3,9-11,13,20H,2,4-8,12H2,(H,28,31,32). The number of amides is 3. The van der Waals surface area contributed by atoms with Gasteiger partial charge in [0.25, 0.3) is 5.91 Å². The fourth-order valence-electron chi connectivity index (χ4n) is 5.25. The van der Waals surface area contributed by atoms with Gasteiger partial charge in [-0.25, -0.2) is 12.8 Å². The van der Waals surface area contributed by atoms with Gasteiger partial charge in [-0.1, -0.05) is 23.2 Å². The summed E-state index contributed by atoms with van der Waals surface area (Å²) in [5, 5.41) is 2.63. The van der Waals surface area contributed by atoms with Gasteiger partial charge in [0.2, 0.25) is 21.8 Å². The van der Waals surface area contributed by atoms with Crippen LogP contribution in [0.25, 0.3) is 0 Å². The maximum Gasteiger partial charge on any atom is 0.255 e. The van der Waals surface area contributed by atoms with Gasteiger partial charge in [0.05, 0.1) is 5.02 Å². The van der Waals surface area contributed by atoms with Crippen molar-refractivity contribution in [3.8, 4) is 0 Å². The molecule has 1 N–H and O–H groups in total. The molecule has 12 heteroatoms. The minimum absolute atomic E-state index is 0.0239. The van der Waals surface area contributed by atoms with Crippen molar-refractivity contribution in [1.82, 2.24) is 14.5 Å². The van der Waals surface area contributed by atoms with Crippen molar-refractivity contribution in [2.24, 2.45) is 0 Å². The molecule has 5 rings (SSSR count). The van der Waals surface area contributed by atoms with E-state index in [1.165, 1.54) is 39.5 Å². The number of carbonyl (C=O) groups is 3. The summed E-state index contributed by atoms with van der Waals surface area (Å²) >= 11 is 12.0. The van der Waals surface area contributed by atoms with E-state index in [9.17, 15) is 27.2 Å². The Labute approximate surface area is 217 Å². The zero-order valence-electron chi connectivity index (χ0n) is 19.0. The van der Waals surface area contributed by atoms with Crippen molar-refractivity contribution in [2.75, 3.05) is 13.1 Å². The summed E-state index contributed by atoms with van der Waals surface area (Å²) in [6.45, 7) is 0.527. The van der Waals surface area contributed by atoms with Gasteiger partial charge in [-0.15, -0.1) is 0 Å². The third-order valence-corrected chi connectivity index (χ3v) is 9.68. The first-order valence-corrected chi connectivity index (χ1v) is 13.7. The second-order valence-corrected chi connectivity index (χ2v) is 11.9. The van der Waals surface area contributed by atoms with Gasteiger partial charge in [-0.2, -0.15) is 4.31 Å². The lowest BCUT2D eigenvalue weighted by molar-refractivity contribution is -0.136. The van der Waals surface area contributed by atoms with Crippen molar-refractivity contribution in [3.63, 3.8) is 0 Å². The van der Waals surface area contributed by atoms with Gasteiger partial charge in [-0.3, -0.25) is 19.7 Å². The molecule has 3 aliphatic heterocycles. The number of nitrogens with one attached hydrogen (secondary N) is 1. The number of benzene rings is 2. The summed E-state index contributed by atoms with van der Waals surface area (Å²) in [5.74, 6) is -2.10. The summed E-state index contributed by atoms with van der Waals surface area (Å²) in [7, 11) is -3.84. The highest BCUT2D eigenvalue weighted by Crippen LogP contribution is 2.39. The van der Waals surface area contributed by atoms with E-state index >= 15 is 0 Å². The van der Waals surface area contributed by atoms with E-state index in [2.05, 4.69) is 5.32 Å². The first-order chi connectivity index (χ1) is 17.1. The topological polar surface area (TPSA) is 104 Å². The van der Waals surface area contributed by atoms with Crippen LogP contribution in [0.2, 0.25) is 10.0 Å². The number of nitrogens with zero attached hydrogens (tertiary/aromatic N) is 2. The van der Waals surface area contributed by atoms with E-state index in [4.69, 9.17) is 23.2 Å². The average molecular weight is 554 g/mol. The average Bonchev–Trinajstić information content (AvgIpc) is 3.14. The highest BCUT2D eigenvalue weighted by Gasteiger charge is 2.41. The molecule has 0 bridgehead atoms. The van der Waals surface area contributed by atoms with E-state index in [0.717, 1.165) is 0 Å². The van der Waals surface area contributed by atoms with Crippen molar-refractivity contribution in [1.29, 1.82) is 0 Å². The molecule has 8 nitrogen and oxygen atoms in total. The fraction of sp³-hybridized carbons (Fsp3) is 0.375. The number of imide groups is 1. The molecule has 3 amide bonds. The molecule has 0 aromatic heterocycles. The summed E-state index contributed by atoms with van der Waals surface area (Å²) in [6, 6.07) is 5.99. The first kappa shape index (κ1) is 25.1. The lowest BCUT2D eigenvalue weighted by Gasteiger charge is -2.32. The molecule has 3 aliphatic rings. The van der Waals surface area contributed by atoms with Crippen molar-refractivity contribution < 1.29 is 27.2 Å². The highest BCUT2D eigenvalue weighted by atomic mass is 35.5. The Hall–Kier alpha value is -2.53. The molecular formula is C24H22Cl2FN3O5S. The smallest absolute Gasteiger partial charge is 0.255 e. The first-order valence-electron chi connectivity index (χ1n) is 11.5. The Morgan fingerprint density at radius 2 is 1.72 bits per heavy atom. The Morgan fingerprint density at radius 3 is 2.39 bits per heavy atom. The molecule has 0 spiro atoms. The zero-order chi connectivity index (χ0) is 25.8. The number of halogens is 3. The summed E-state index contributed by atoms with van der Waals surface area (Å²) < 4.78 is 42.2. The lowest BCUT2D eigenvalue weighted by atomic mass is 9.86. The monoisotopic (exact) mass is 553 g/mol. The molecule has 0 saturated carbocycles. The Balaban J connectivity index is 1.36. The molecule has 190 valence electrons. The van der Waals surface area contributed by atoms with Crippen LogP contribution in [-0.4, -0.2) is 54.5 Å². The lowest BCUT2D eigenvalue weighted by Crippen LogP contribution is -2.52. The quantitative estimate of drug-likeness (QED) is 0.584. The van der Waals surface area contributed by atoms with Crippen LogP contribution in [-0.2, 0) is 26.2 Å². The normalized spacial score (nSPS) is 21.6.